The van der Waals surface area contributed by atoms with Gasteiger partial charge in [0.1, 0.15) is 17.0 Å². The highest BCUT2D eigenvalue weighted by molar-refractivity contribution is 7.92. The van der Waals surface area contributed by atoms with Gasteiger partial charge in [-0.1, -0.05) is 34.7 Å². The molecule has 9 nitrogen and oxygen atoms in total. The monoisotopic (exact) mass is 458 g/mol. The van der Waals surface area contributed by atoms with Gasteiger partial charge in [0.25, 0.3) is 15.9 Å². The van der Waals surface area contributed by atoms with Gasteiger partial charge in [-0.2, -0.15) is 0 Å². The first-order valence-corrected chi connectivity index (χ1v) is 11.4. The van der Waals surface area contributed by atoms with Crippen molar-refractivity contribution in [3.8, 4) is 5.75 Å². The molecule has 4 aromatic rings. The third kappa shape index (κ3) is 4.09. The predicted octanol–water partition coefficient (Wildman–Crippen LogP) is 3.96. The van der Waals surface area contributed by atoms with Gasteiger partial charge in [-0.3, -0.25) is 14.8 Å². The number of carbonyl (C=O) groups excluding carboxylic acids is 1. The number of aryl methyl sites for hydroxylation is 2. The van der Waals surface area contributed by atoms with Crippen molar-refractivity contribution in [2.75, 3.05) is 17.1 Å². The van der Waals surface area contributed by atoms with Crippen LogP contribution in [-0.4, -0.2) is 31.6 Å². The summed E-state index contributed by atoms with van der Waals surface area (Å²) >= 11 is 1.21. The Labute approximate surface area is 182 Å². The molecule has 2 aromatic heterocycles. The van der Waals surface area contributed by atoms with Gasteiger partial charge < -0.3 is 9.26 Å². The maximum absolute atomic E-state index is 12.8. The lowest BCUT2D eigenvalue weighted by Gasteiger charge is -2.09. The zero-order valence-electron chi connectivity index (χ0n) is 16.8. The van der Waals surface area contributed by atoms with Crippen LogP contribution in [0.5, 0.6) is 5.75 Å². The molecule has 0 unspecified atom stereocenters. The molecule has 160 valence electrons. The Morgan fingerprint density at radius 3 is 2.55 bits per heavy atom. The maximum Gasteiger partial charge on any atom is 0.267 e. The zero-order valence-corrected chi connectivity index (χ0v) is 18.4. The predicted molar refractivity (Wildman–Crippen MR) is 117 cm³/mol. The molecule has 2 aromatic carbocycles. The number of aromatic nitrogens is 2. The normalized spacial score (nSPS) is 11.5. The van der Waals surface area contributed by atoms with Crippen molar-refractivity contribution in [3.63, 3.8) is 0 Å². The van der Waals surface area contributed by atoms with Crippen LogP contribution in [0, 0.1) is 13.8 Å². The molecule has 0 aliphatic heterocycles. The molecule has 0 saturated carbocycles. The van der Waals surface area contributed by atoms with Crippen molar-refractivity contribution in [2.24, 2.45) is 0 Å². The number of carbonyl (C=O) groups is 1. The van der Waals surface area contributed by atoms with E-state index in [9.17, 15) is 13.2 Å². The first kappa shape index (κ1) is 20.8. The van der Waals surface area contributed by atoms with Crippen molar-refractivity contribution in [3.05, 3.63) is 59.5 Å². The van der Waals surface area contributed by atoms with E-state index in [1.807, 2.05) is 6.07 Å². The fourth-order valence-electron chi connectivity index (χ4n) is 3.09. The molecule has 2 N–H and O–H groups in total. The minimum absolute atomic E-state index is 0.00770. The van der Waals surface area contributed by atoms with E-state index in [1.54, 1.807) is 37.3 Å². The zero-order chi connectivity index (χ0) is 22.2. The van der Waals surface area contributed by atoms with Gasteiger partial charge >= 0.3 is 0 Å². The molecule has 0 saturated heterocycles. The largest absolute Gasteiger partial charge is 0.494 e. The molecule has 0 atom stereocenters. The summed E-state index contributed by atoms with van der Waals surface area (Å²) in [4.78, 5) is 16.8. The lowest BCUT2D eigenvalue weighted by Crippen LogP contribution is -2.14. The number of fused-ring (bicyclic) bond motifs is 1. The molecule has 2 heterocycles. The molecular formula is C20H18N4O5S2. The Kier molecular flexibility index (Phi) is 5.38. The molecule has 0 aliphatic carbocycles. The molecule has 0 bridgehead atoms. The topological polar surface area (TPSA) is 123 Å². The van der Waals surface area contributed by atoms with Crippen molar-refractivity contribution < 1.29 is 22.5 Å². The second-order valence-corrected chi connectivity index (χ2v) is 9.27. The lowest BCUT2D eigenvalue weighted by molar-refractivity contribution is 0.102. The summed E-state index contributed by atoms with van der Waals surface area (Å²) in [6.07, 6.45) is 0. The maximum atomic E-state index is 12.8. The molecule has 4 rings (SSSR count). The van der Waals surface area contributed by atoms with Gasteiger partial charge in [0.15, 0.2) is 15.8 Å². The van der Waals surface area contributed by atoms with Gasteiger partial charge in [0, 0.05) is 11.6 Å². The van der Waals surface area contributed by atoms with Crippen LogP contribution in [0.2, 0.25) is 0 Å². The van der Waals surface area contributed by atoms with E-state index in [0.29, 0.717) is 26.7 Å². The van der Waals surface area contributed by atoms with Crippen molar-refractivity contribution in [1.82, 2.24) is 10.1 Å². The fourth-order valence-corrected chi connectivity index (χ4v) is 5.38. The second-order valence-electron chi connectivity index (χ2n) is 6.62. The lowest BCUT2D eigenvalue weighted by atomic mass is 10.2. The number of rotatable bonds is 6. The van der Waals surface area contributed by atoms with Crippen LogP contribution < -0.4 is 14.8 Å². The quantitative estimate of drug-likeness (QED) is 0.448. The Bertz CT molecular complexity index is 1360. The van der Waals surface area contributed by atoms with Crippen LogP contribution >= 0.6 is 11.3 Å². The fraction of sp³-hybridized carbons (Fsp3) is 0.150. The van der Waals surface area contributed by atoms with Crippen molar-refractivity contribution in [2.45, 2.75) is 18.7 Å². The van der Waals surface area contributed by atoms with Crippen molar-refractivity contribution in [1.29, 1.82) is 0 Å². The standard InChI is InChI=1S/C20H18N4O5S2/c1-11-18(12(2)29-23-11)31(26,27)24-14-9-15(28-3)17-16(10-14)30-20(21-17)22-19(25)13-7-5-4-6-8-13/h4-10,24H,1-3H3,(H,21,22,25). The average molecular weight is 459 g/mol. The SMILES string of the molecule is COc1cc(NS(=O)(=O)c2c(C)noc2C)cc2sc(NC(=O)c3ccccc3)nc12. The summed E-state index contributed by atoms with van der Waals surface area (Å²) < 4.78 is 39.2. The summed E-state index contributed by atoms with van der Waals surface area (Å²) in [5.41, 5.74) is 1.56. The van der Waals surface area contributed by atoms with Gasteiger partial charge in [0.05, 0.1) is 17.5 Å². The van der Waals surface area contributed by atoms with Gasteiger partial charge in [-0.25, -0.2) is 13.4 Å². The van der Waals surface area contributed by atoms with E-state index in [0.717, 1.165) is 0 Å². The number of ether oxygens (including phenoxy) is 1. The highest BCUT2D eigenvalue weighted by atomic mass is 32.2. The number of anilines is 2. The van der Waals surface area contributed by atoms with E-state index in [1.165, 1.54) is 31.4 Å². The average Bonchev–Trinajstić information content (AvgIpc) is 3.29. The van der Waals surface area contributed by atoms with Gasteiger partial charge in [-0.05, 0) is 32.0 Å². The summed E-state index contributed by atoms with van der Waals surface area (Å²) in [6, 6.07) is 11.9. The highest BCUT2D eigenvalue weighted by Gasteiger charge is 2.25. The van der Waals surface area contributed by atoms with Gasteiger partial charge in [-0.15, -0.1) is 0 Å². The molecular weight excluding hydrogens is 440 g/mol. The smallest absolute Gasteiger partial charge is 0.267 e. The van der Waals surface area contributed by atoms with Crippen LogP contribution in [0.1, 0.15) is 21.8 Å². The first-order valence-electron chi connectivity index (χ1n) is 9.09. The molecule has 31 heavy (non-hydrogen) atoms. The number of hydrogen-bond acceptors (Lipinski definition) is 8. The number of hydrogen-bond donors (Lipinski definition) is 2. The minimum atomic E-state index is -3.92. The number of sulfonamides is 1. The van der Waals surface area contributed by atoms with Gasteiger partial charge in [0.2, 0.25) is 0 Å². The number of amides is 1. The number of thiazole rings is 1. The molecule has 1 amide bonds. The van der Waals surface area contributed by atoms with Crippen LogP contribution in [0.4, 0.5) is 10.8 Å². The van der Waals surface area contributed by atoms with E-state index in [2.05, 4.69) is 20.2 Å². The summed E-state index contributed by atoms with van der Waals surface area (Å²) in [7, 11) is -2.46. The van der Waals surface area contributed by atoms with Crippen LogP contribution in [0.15, 0.2) is 51.9 Å². The first-order chi connectivity index (χ1) is 14.8. The third-order valence-corrected chi connectivity index (χ3v) is 6.97. The van der Waals surface area contributed by atoms with Crippen LogP contribution in [0.25, 0.3) is 10.2 Å². The number of methoxy groups -OCH3 is 1. The number of nitrogens with one attached hydrogen (secondary N) is 2. The Morgan fingerprint density at radius 1 is 1.16 bits per heavy atom. The Hall–Kier alpha value is -3.44. The molecule has 0 radical (unpaired) electrons. The van der Waals surface area contributed by atoms with E-state index in [4.69, 9.17) is 9.26 Å². The number of benzene rings is 2. The molecule has 0 fully saturated rings. The highest BCUT2D eigenvalue weighted by Crippen LogP contribution is 2.36. The molecule has 11 heteroatoms. The Morgan fingerprint density at radius 2 is 1.90 bits per heavy atom. The van der Waals surface area contributed by atoms with E-state index in [-0.39, 0.29) is 27.9 Å². The summed E-state index contributed by atoms with van der Waals surface area (Å²) in [5.74, 6) is 0.269. The van der Waals surface area contributed by atoms with Crippen molar-refractivity contribution >= 4 is 48.3 Å². The summed E-state index contributed by atoms with van der Waals surface area (Å²) in [6.45, 7) is 3.09. The summed E-state index contributed by atoms with van der Waals surface area (Å²) in [5, 5.41) is 6.82. The number of nitrogens with zero attached hydrogens (tertiary/aromatic N) is 2. The molecule has 0 aliphatic rings. The second kappa shape index (κ2) is 8.00. The minimum Gasteiger partial charge on any atom is -0.494 e. The third-order valence-electron chi connectivity index (χ3n) is 4.43. The molecule has 0 spiro atoms. The van der Waals surface area contributed by atoms with E-state index < -0.39 is 10.0 Å². The Balaban J connectivity index is 1.67. The van der Waals surface area contributed by atoms with E-state index >= 15 is 0 Å². The van der Waals surface area contributed by atoms with Crippen LogP contribution in [-0.2, 0) is 10.0 Å². The van der Waals surface area contributed by atoms with Crippen LogP contribution in [0.3, 0.4) is 0 Å².